The number of nitrogens with one attached hydrogen (secondary N) is 1. The molecule has 1 fully saturated rings. The van der Waals surface area contributed by atoms with Crippen molar-refractivity contribution in [3.63, 3.8) is 0 Å². The fraction of sp³-hybridized carbons (Fsp3) is 0.190. The van der Waals surface area contributed by atoms with Crippen LogP contribution in [0.2, 0.25) is 0 Å². The number of hydrogen-bond acceptors (Lipinski definition) is 4. The first kappa shape index (κ1) is 17.0. The summed E-state index contributed by atoms with van der Waals surface area (Å²) in [6, 6.07) is 15.3. The van der Waals surface area contributed by atoms with E-state index < -0.39 is 5.91 Å². The molecule has 1 aliphatic rings. The van der Waals surface area contributed by atoms with Crippen molar-refractivity contribution in [3.05, 3.63) is 76.1 Å². The van der Waals surface area contributed by atoms with E-state index in [9.17, 15) is 14.4 Å². The molecule has 1 N–H and O–H groups in total. The van der Waals surface area contributed by atoms with Crippen molar-refractivity contribution in [1.29, 1.82) is 0 Å². The van der Waals surface area contributed by atoms with E-state index in [4.69, 9.17) is 4.42 Å². The Morgan fingerprint density at radius 3 is 2.74 bits per heavy atom. The van der Waals surface area contributed by atoms with Gasteiger partial charge in [0.25, 0.3) is 5.91 Å². The molecule has 27 heavy (non-hydrogen) atoms. The maximum Gasteiger partial charge on any atom is 0.291 e. The molecule has 1 aromatic heterocycles. The monoisotopic (exact) mass is 362 g/mol. The number of carbonyl (C=O) groups excluding carboxylic acids is 2. The minimum absolute atomic E-state index is 0.0428. The second-order valence-corrected chi connectivity index (χ2v) is 6.54. The van der Waals surface area contributed by atoms with Gasteiger partial charge >= 0.3 is 0 Å². The summed E-state index contributed by atoms with van der Waals surface area (Å²) in [6.45, 7) is 1.28. The van der Waals surface area contributed by atoms with E-state index in [1.807, 2.05) is 23.1 Å². The van der Waals surface area contributed by atoms with Crippen LogP contribution in [0.25, 0.3) is 11.0 Å². The lowest BCUT2D eigenvalue weighted by atomic mass is 10.2. The Labute approximate surface area is 155 Å². The van der Waals surface area contributed by atoms with Crippen LogP contribution in [0.4, 0.5) is 5.69 Å². The van der Waals surface area contributed by atoms with E-state index >= 15 is 0 Å². The molecule has 0 saturated carbocycles. The number of fused-ring (bicyclic) bond motifs is 1. The summed E-state index contributed by atoms with van der Waals surface area (Å²) >= 11 is 0. The fourth-order valence-electron chi connectivity index (χ4n) is 3.25. The summed E-state index contributed by atoms with van der Waals surface area (Å²) in [7, 11) is 0. The van der Waals surface area contributed by atoms with E-state index in [-0.39, 0.29) is 17.1 Å². The Balaban J connectivity index is 1.54. The average Bonchev–Trinajstić information content (AvgIpc) is 3.06. The van der Waals surface area contributed by atoms with Gasteiger partial charge in [-0.05, 0) is 36.2 Å². The zero-order valence-corrected chi connectivity index (χ0v) is 14.6. The molecule has 3 aromatic rings. The third-order valence-corrected chi connectivity index (χ3v) is 4.59. The van der Waals surface area contributed by atoms with Crippen molar-refractivity contribution >= 4 is 28.5 Å². The molecule has 1 saturated heterocycles. The van der Waals surface area contributed by atoms with E-state index in [0.29, 0.717) is 29.6 Å². The number of benzene rings is 2. The van der Waals surface area contributed by atoms with E-state index in [0.717, 1.165) is 18.5 Å². The SMILES string of the molecule is O=C(Nc1cccc(CN2CCCC2=O)c1)c1cc(=O)c2ccccc2o1. The number of rotatable bonds is 4. The van der Waals surface area contributed by atoms with Crippen LogP contribution in [0.5, 0.6) is 0 Å². The number of para-hydroxylation sites is 1. The van der Waals surface area contributed by atoms with Crippen LogP contribution in [0.1, 0.15) is 29.0 Å². The van der Waals surface area contributed by atoms with Gasteiger partial charge in [0, 0.05) is 31.3 Å². The van der Waals surface area contributed by atoms with Gasteiger partial charge in [0.15, 0.2) is 11.2 Å². The molecule has 2 aromatic carbocycles. The Kier molecular flexibility index (Phi) is 4.46. The smallest absolute Gasteiger partial charge is 0.291 e. The van der Waals surface area contributed by atoms with Crippen molar-refractivity contribution < 1.29 is 14.0 Å². The number of nitrogens with zero attached hydrogens (tertiary/aromatic N) is 1. The van der Waals surface area contributed by atoms with E-state index in [1.54, 1.807) is 30.3 Å². The molecular weight excluding hydrogens is 344 g/mol. The number of likely N-dealkylation sites (tertiary alicyclic amines) is 1. The Morgan fingerprint density at radius 1 is 1.07 bits per heavy atom. The van der Waals surface area contributed by atoms with Crippen LogP contribution >= 0.6 is 0 Å². The van der Waals surface area contributed by atoms with Crippen molar-refractivity contribution in [3.8, 4) is 0 Å². The van der Waals surface area contributed by atoms with Gasteiger partial charge in [-0.15, -0.1) is 0 Å². The average molecular weight is 362 g/mol. The van der Waals surface area contributed by atoms with Crippen LogP contribution in [-0.4, -0.2) is 23.3 Å². The van der Waals surface area contributed by atoms with Gasteiger partial charge in [-0.1, -0.05) is 24.3 Å². The molecule has 1 aliphatic heterocycles. The number of hydrogen-bond donors (Lipinski definition) is 1. The highest BCUT2D eigenvalue weighted by Crippen LogP contribution is 2.18. The van der Waals surface area contributed by atoms with Crippen LogP contribution in [0.15, 0.2) is 63.8 Å². The minimum atomic E-state index is -0.493. The standard InChI is InChI=1S/C21H18N2O4/c24-17-12-19(27-18-8-2-1-7-16(17)18)21(26)22-15-6-3-5-14(11-15)13-23-10-4-9-20(23)25/h1-3,5-8,11-12H,4,9-10,13H2,(H,22,26). The number of amides is 2. The Hall–Kier alpha value is -3.41. The number of carbonyl (C=O) groups is 2. The van der Waals surface area contributed by atoms with Crippen LogP contribution in [0, 0.1) is 0 Å². The zero-order chi connectivity index (χ0) is 18.8. The second kappa shape index (κ2) is 7.07. The highest BCUT2D eigenvalue weighted by atomic mass is 16.3. The molecular formula is C21H18N2O4. The third kappa shape index (κ3) is 3.60. The first-order chi connectivity index (χ1) is 13.1. The minimum Gasteiger partial charge on any atom is -0.451 e. The highest BCUT2D eigenvalue weighted by molar-refractivity contribution is 6.03. The largest absolute Gasteiger partial charge is 0.451 e. The maximum atomic E-state index is 12.5. The first-order valence-corrected chi connectivity index (χ1v) is 8.81. The summed E-state index contributed by atoms with van der Waals surface area (Å²) in [5, 5.41) is 3.19. The Morgan fingerprint density at radius 2 is 1.93 bits per heavy atom. The molecule has 4 rings (SSSR count). The lowest BCUT2D eigenvalue weighted by Gasteiger charge is -2.16. The molecule has 0 unspecified atom stereocenters. The van der Waals surface area contributed by atoms with E-state index in [1.165, 1.54) is 6.07 Å². The maximum absolute atomic E-state index is 12.5. The van der Waals surface area contributed by atoms with Gasteiger partial charge in [0.1, 0.15) is 5.58 Å². The first-order valence-electron chi connectivity index (χ1n) is 8.81. The molecule has 6 nitrogen and oxygen atoms in total. The van der Waals surface area contributed by atoms with Crippen molar-refractivity contribution in [2.75, 3.05) is 11.9 Å². The van der Waals surface area contributed by atoms with Crippen molar-refractivity contribution in [2.24, 2.45) is 0 Å². The van der Waals surface area contributed by atoms with Crippen LogP contribution in [-0.2, 0) is 11.3 Å². The van der Waals surface area contributed by atoms with Gasteiger partial charge in [-0.3, -0.25) is 14.4 Å². The predicted molar refractivity (Wildman–Crippen MR) is 102 cm³/mol. The Bertz CT molecular complexity index is 1090. The molecule has 0 bridgehead atoms. The highest BCUT2D eigenvalue weighted by Gasteiger charge is 2.20. The van der Waals surface area contributed by atoms with Crippen molar-refractivity contribution in [2.45, 2.75) is 19.4 Å². The van der Waals surface area contributed by atoms with Gasteiger partial charge in [-0.25, -0.2) is 0 Å². The molecule has 0 atom stereocenters. The van der Waals surface area contributed by atoms with Crippen LogP contribution in [0.3, 0.4) is 0 Å². The molecule has 0 aliphatic carbocycles. The summed E-state index contributed by atoms with van der Waals surface area (Å²) in [5.74, 6) is -0.381. The lowest BCUT2D eigenvalue weighted by Crippen LogP contribution is -2.23. The summed E-state index contributed by atoms with van der Waals surface area (Å²) in [5.41, 5.74) is 1.63. The summed E-state index contributed by atoms with van der Waals surface area (Å²) in [6.07, 6.45) is 1.48. The topological polar surface area (TPSA) is 79.6 Å². The van der Waals surface area contributed by atoms with Gasteiger partial charge in [0.05, 0.1) is 5.39 Å². The number of anilines is 1. The van der Waals surface area contributed by atoms with Crippen molar-refractivity contribution in [1.82, 2.24) is 4.90 Å². The molecule has 0 radical (unpaired) electrons. The molecule has 6 heteroatoms. The molecule has 2 amide bonds. The fourth-order valence-corrected chi connectivity index (χ4v) is 3.25. The molecule has 136 valence electrons. The summed E-state index contributed by atoms with van der Waals surface area (Å²) in [4.78, 5) is 38.3. The van der Waals surface area contributed by atoms with Gasteiger partial charge in [0.2, 0.25) is 5.91 Å². The van der Waals surface area contributed by atoms with Gasteiger partial charge < -0.3 is 14.6 Å². The van der Waals surface area contributed by atoms with Gasteiger partial charge in [-0.2, -0.15) is 0 Å². The third-order valence-electron chi connectivity index (χ3n) is 4.59. The zero-order valence-electron chi connectivity index (χ0n) is 14.6. The normalized spacial score (nSPS) is 13.9. The lowest BCUT2D eigenvalue weighted by molar-refractivity contribution is -0.128. The van der Waals surface area contributed by atoms with Crippen LogP contribution < -0.4 is 10.7 Å². The quantitative estimate of drug-likeness (QED) is 0.773. The summed E-state index contributed by atoms with van der Waals surface area (Å²) < 4.78 is 5.56. The molecule has 2 heterocycles. The van der Waals surface area contributed by atoms with E-state index in [2.05, 4.69) is 5.32 Å². The predicted octanol–water partition coefficient (Wildman–Crippen LogP) is 3.17. The molecule has 0 spiro atoms. The second-order valence-electron chi connectivity index (χ2n) is 6.54.